The van der Waals surface area contributed by atoms with Crippen molar-refractivity contribution in [2.24, 2.45) is 10.7 Å². The standard InChI is InChI=1S/C16H22N6O2.HI/c1-3-12-6-5-7-13(4-2)15(12)20-16(17)18-8-9-21-11-14(10-19-21)22(23)24;/h5-7,10-11H,3-4,8-9H2,1-2H3,(H3,17,18,20);1H. The molecule has 2 aromatic rings. The number of nitro groups is 1. The molecule has 9 heteroatoms. The first-order valence-electron chi connectivity index (χ1n) is 7.89. The van der Waals surface area contributed by atoms with Crippen molar-refractivity contribution in [2.45, 2.75) is 33.2 Å². The number of hydrogen-bond acceptors (Lipinski definition) is 4. The molecule has 0 aliphatic rings. The average Bonchev–Trinajstić information content (AvgIpc) is 3.04. The van der Waals surface area contributed by atoms with Gasteiger partial charge < -0.3 is 11.1 Å². The lowest BCUT2D eigenvalue weighted by Gasteiger charge is -2.14. The topological polar surface area (TPSA) is 111 Å². The Morgan fingerprint density at radius 3 is 2.52 bits per heavy atom. The van der Waals surface area contributed by atoms with E-state index in [1.165, 1.54) is 28.2 Å². The highest BCUT2D eigenvalue weighted by atomic mass is 127. The molecule has 0 aliphatic carbocycles. The number of aryl methyl sites for hydroxylation is 2. The van der Waals surface area contributed by atoms with Crippen LogP contribution in [0.1, 0.15) is 25.0 Å². The molecule has 1 aromatic carbocycles. The van der Waals surface area contributed by atoms with E-state index in [2.05, 4.69) is 41.4 Å². The Kier molecular flexibility index (Phi) is 8.32. The molecule has 3 N–H and O–H groups in total. The van der Waals surface area contributed by atoms with E-state index < -0.39 is 4.92 Å². The highest BCUT2D eigenvalue weighted by molar-refractivity contribution is 14.0. The monoisotopic (exact) mass is 458 g/mol. The van der Waals surface area contributed by atoms with Gasteiger partial charge in [-0.25, -0.2) is 0 Å². The summed E-state index contributed by atoms with van der Waals surface area (Å²) < 4.78 is 1.48. The molecule has 0 fully saturated rings. The SMILES string of the molecule is CCc1cccc(CC)c1NC(N)=NCCn1cc([N+](=O)[O-])cn1.I. The Morgan fingerprint density at radius 1 is 1.36 bits per heavy atom. The molecule has 1 heterocycles. The minimum atomic E-state index is -0.476. The summed E-state index contributed by atoms with van der Waals surface area (Å²) in [5.74, 6) is 0.326. The number of halogens is 1. The fourth-order valence-electron chi connectivity index (χ4n) is 2.41. The highest BCUT2D eigenvalue weighted by Gasteiger charge is 2.09. The van der Waals surface area contributed by atoms with Crippen LogP contribution in [0.3, 0.4) is 0 Å². The maximum absolute atomic E-state index is 10.6. The number of hydrogen-bond donors (Lipinski definition) is 2. The van der Waals surface area contributed by atoms with Gasteiger partial charge in [0.15, 0.2) is 5.96 Å². The molecule has 25 heavy (non-hydrogen) atoms. The van der Waals surface area contributed by atoms with Crippen molar-refractivity contribution in [3.63, 3.8) is 0 Å². The number of guanidine groups is 1. The Balaban J connectivity index is 0.00000312. The lowest BCUT2D eigenvalue weighted by molar-refractivity contribution is -0.385. The molecule has 0 spiro atoms. The number of nitrogens with zero attached hydrogens (tertiary/aromatic N) is 4. The molecule has 2 rings (SSSR count). The molecule has 0 amide bonds. The summed E-state index contributed by atoms with van der Waals surface area (Å²) in [5.41, 5.74) is 9.33. The third-order valence-corrected chi connectivity index (χ3v) is 3.69. The summed E-state index contributed by atoms with van der Waals surface area (Å²) in [7, 11) is 0. The predicted molar refractivity (Wildman–Crippen MR) is 110 cm³/mol. The molecule has 0 saturated carbocycles. The van der Waals surface area contributed by atoms with Crippen molar-refractivity contribution in [2.75, 3.05) is 11.9 Å². The Labute approximate surface area is 163 Å². The zero-order chi connectivity index (χ0) is 17.5. The molecule has 0 bridgehead atoms. The maximum Gasteiger partial charge on any atom is 0.306 e. The van der Waals surface area contributed by atoms with Crippen molar-refractivity contribution in [1.29, 1.82) is 0 Å². The number of aliphatic imine (C=N–C) groups is 1. The quantitative estimate of drug-likeness (QED) is 0.218. The van der Waals surface area contributed by atoms with Crippen molar-refractivity contribution in [1.82, 2.24) is 9.78 Å². The van der Waals surface area contributed by atoms with Gasteiger partial charge in [0.05, 0.1) is 18.0 Å². The predicted octanol–water partition coefficient (Wildman–Crippen LogP) is 2.96. The Hall–Kier alpha value is -2.17. The molecule has 0 atom stereocenters. The summed E-state index contributed by atoms with van der Waals surface area (Å²) in [4.78, 5) is 14.4. The molecule has 8 nitrogen and oxygen atoms in total. The van der Waals surface area contributed by atoms with E-state index in [0.29, 0.717) is 19.0 Å². The largest absolute Gasteiger partial charge is 0.370 e. The molecular formula is C16H23IN6O2. The van der Waals surface area contributed by atoms with Crippen LogP contribution in [0.2, 0.25) is 0 Å². The van der Waals surface area contributed by atoms with Crippen LogP contribution >= 0.6 is 24.0 Å². The number of aromatic nitrogens is 2. The highest BCUT2D eigenvalue weighted by Crippen LogP contribution is 2.22. The molecule has 1 aromatic heterocycles. The van der Waals surface area contributed by atoms with E-state index in [0.717, 1.165) is 18.5 Å². The van der Waals surface area contributed by atoms with E-state index in [9.17, 15) is 10.1 Å². The molecule has 0 unspecified atom stereocenters. The van der Waals surface area contributed by atoms with Gasteiger partial charge >= 0.3 is 5.69 Å². The summed E-state index contributed by atoms with van der Waals surface area (Å²) in [6, 6.07) is 6.18. The molecular weight excluding hydrogens is 435 g/mol. The van der Waals surface area contributed by atoms with Crippen molar-refractivity contribution < 1.29 is 4.92 Å². The van der Waals surface area contributed by atoms with Crippen molar-refractivity contribution in [3.8, 4) is 0 Å². The van der Waals surface area contributed by atoms with Gasteiger partial charge in [-0.15, -0.1) is 24.0 Å². The maximum atomic E-state index is 10.6. The Bertz CT molecular complexity index is 722. The van der Waals surface area contributed by atoms with Crippen LogP contribution < -0.4 is 11.1 Å². The minimum Gasteiger partial charge on any atom is -0.370 e. The lowest BCUT2D eigenvalue weighted by Crippen LogP contribution is -2.25. The average molecular weight is 458 g/mol. The van der Waals surface area contributed by atoms with E-state index >= 15 is 0 Å². The summed E-state index contributed by atoms with van der Waals surface area (Å²) in [5, 5.41) is 17.7. The number of nitrogens with one attached hydrogen (secondary N) is 1. The second-order valence-electron chi connectivity index (χ2n) is 5.27. The molecule has 136 valence electrons. The first kappa shape index (κ1) is 20.9. The molecule has 0 radical (unpaired) electrons. The third-order valence-electron chi connectivity index (χ3n) is 3.69. The number of para-hydroxylation sites is 1. The third kappa shape index (κ3) is 5.69. The zero-order valence-corrected chi connectivity index (χ0v) is 16.6. The van der Waals surface area contributed by atoms with Crippen LogP contribution in [-0.2, 0) is 19.4 Å². The van der Waals surface area contributed by atoms with Crippen LogP contribution in [0.25, 0.3) is 0 Å². The van der Waals surface area contributed by atoms with Gasteiger partial charge in [0, 0.05) is 5.69 Å². The van der Waals surface area contributed by atoms with E-state index in [1.54, 1.807) is 0 Å². The number of rotatable bonds is 7. The van der Waals surface area contributed by atoms with Gasteiger partial charge in [0.1, 0.15) is 12.4 Å². The van der Waals surface area contributed by atoms with Crippen LogP contribution in [0.5, 0.6) is 0 Å². The van der Waals surface area contributed by atoms with Gasteiger partial charge in [-0.2, -0.15) is 5.10 Å². The second-order valence-corrected chi connectivity index (χ2v) is 5.27. The van der Waals surface area contributed by atoms with Gasteiger partial charge in [0.25, 0.3) is 0 Å². The summed E-state index contributed by atoms with van der Waals surface area (Å²) in [6.45, 7) is 5.00. The van der Waals surface area contributed by atoms with Gasteiger partial charge in [-0.1, -0.05) is 32.0 Å². The second kappa shape index (κ2) is 9.97. The van der Waals surface area contributed by atoms with Gasteiger partial charge in [0.2, 0.25) is 0 Å². The first-order chi connectivity index (χ1) is 11.5. The minimum absolute atomic E-state index is 0. The number of benzene rings is 1. The molecule has 0 aliphatic heterocycles. The van der Waals surface area contributed by atoms with Crippen LogP contribution in [0, 0.1) is 10.1 Å². The first-order valence-corrected chi connectivity index (χ1v) is 7.89. The van der Waals surface area contributed by atoms with E-state index in [1.807, 2.05) is 6.07 Å². The fourth-order valence-corrected chi connectivity index (χ4v) is 2.41. The van der Waals surface area contributed by atoms with Crippen LogP contribution in [0.15, 0.2) is 35.6 Å². The summed E-state index contributed by atoms with van der Waals surface area (Å²) >= 11 is 0. The van der Waals surface area contributed by atoms with E-state index in [4.69, 9.17) is 5.73 Å². The smallest absolute Gasteiger partial charge is 0.306 e. The van der Waals surface area contributed by atoms with Crippen LogP contribution in [-0.4, -0.2) is 27.2 Å². The zero-order valence-electron chi connectivity index (χ0n) is 14.3. The Morgan fingerprint density at radius 2 is 2.00 bits per heavy atom. The lowest BCUT2D eigenvalue weighted by atomic mass is 10.0. The normalized spacial score (nSPS) is 11.0. The van der Waals surface area contributed by atoms with Crippen LogP contribution in [0.4, 0.5) is 11.4 Å². The summed E-state index contributed by atoms with van der Waals surface area (Å²) in [6.07, 6.45) is 4.40. The number of anilines is 1. The van der Waals surface area contributed by atoms with Crippen molar-refractivity contribution in [3.05, 3.63) is 51.8 Å². The molecule has 0 saturated heterocycles. The van der Waals surface area contributed by atoms with Crippen molar-refractivity contribution >= 4 is 41.3 Å². The van der Waals surface area contributed by atoms with E-state index in [-0.39, 0.29) is 29.7 Å². The fraction of sp³-hybridized carbons (Fsp3) is 0.375. The van der Waals surface area contributed by atoms with Gasteiger partial charge in [-0.3, -0.25) is 19.8 Å². The van der Waals surface area contributed by atoms with Gasteiger partial charge in [-0.05, 0) is 24.0 Å². The number of nitrogens with two attached hydrogens (primary N) is 1.